The van der Waals surface area contributed by atoms with Crippen LogP contribution in [-0.2, 0) is 0 Å². The molecule has 4 nitrogen and oxygen atoms in total. The van der Waals surface area contributed by atoms with Gasteiger partial charge >= 0.3 is 6.03 Å². The first-order valence-corrected chi connectivity index (χ1v) is 6.98. The summed E-state index contributed by atoms with van der Waals surface area (Å²) in [6.45, 7) is 0.667. The third kappa shape index (κ3) is 2.86. The van der Waals surface area contributed by atoms with Crippen molar-refractivity contribution in [3.63, 3.8) is 0 Å². The van der Waals surface area contributed by atoms with Crippen LogP contribution in [0.1, 0.15) is 24.4 Å². The number of urea groups is 1. The lowest BCUT2D eigenvalue weighted by atomic mass is 10.1. The molecular formula is C16H16FN3O. The van der Waals surface area contributed by atoms with Crippen molar-refractivity contribution in [2.24, 2.45) is 0 Å². The second kappa shape index (κ2) is 5.91. The molecule has 0 unspecified atom stereocenters. The predicted molar refractivity (Wildman–Crippen MR) is 78.3 cm³/mol. The summed E-state index contributed by atoms with van der Waals surface area (Å²) >= 11 is 0. The minimum absolute atomic E-state index is 0.00507. The number of rotatable bonds is 2. The summed E-state index contributed by atoms with van der Waals surface area (Å²) in [5.74, 6) is -0.428. The third-order valence-corrected chi connectivity index (χ3v) is 3.70. The Morgan fingerprint density at radius 2 is 2.14 bits per heavy atom. The molecule has 0 spiro atoms. The van der Waals surface area contributed by atoms with E-state index in [0.29, 0.717) is 6.54 Å². The van der Waals surface area contributed by atoms with E-state index in [1.54, 1.807) is 35.5 Å². The van der Waals surface area contributed by atoms with Gasteiger partial charge in [-0.2, -0.15) is 0 Å². The number of benzene rings is 1. The molecule has 0 saturated carbocycles. The highest BCUT2D eigenvalue weighted by Gasteiger charge is 2.30. The molecule has 5 heteroatoms. The highest BCUT2D eigenvalue weighted by molar-refractivity contribution is 5.89. The molecule has 108 valence electrons. The molecule has 2 heterocycles. The molecule has 2 aromatic rings. The predicted octanol–water partition coefficient (Wildman–Crippen LogP) is 3.59. The summed E-state index contributed by atoms with van der Waals surface area (Å²) in [4.78, 5) is 18.2. The Balaban J connectivity index is 1.76. The summed E-state index contributed by atoms with van der Waals surface area (Å²) in [6.07, 6.45) is 5.32. The molecule has 2 amide bonds. The van der Waals surface area contributed by atoms with Gasteiger partial charge in [-0.25, -0.2) is 9.18 Å². The van der Waals surface area contributed by atoms with Crippen molar-refractivity contribution in [1.29, 1.82) is 0 Å². The number of amides is 2. The van der Waals surface area contributed by atoms with Gasteiger partial charge < -0.3 is 10.2 Å². The van der Waals surface area contributed by atoms with Crippen molar-refractivity contribution in [2.75, 3.05) is 11.9 Å². The van der Waals surface area contributed by atoms with E-state index in [9.17, 15) is 9.18 Å². The SMILES string of the molecule is O=C(Nc1ccccc1F)N1CCC[C@H]1c1cccnc1. The van der Waals surface area contributed by atoms with Crippen LogP contribution >= 0.6 is 0 Å². The van der Waals surface area contributed by atoms with Crippen LogP contribution in [0.2, 0.25) is 0 Å². The number of carbonyl (C=O) groups excluding carboxylic acids is 1. The van der Waals surface area contributed by atoms with Crippen LogP contribution < -0.4 is 5.32 Å². The second-order valence-electron chi connectivity index (χ2n) is 5.05. The molecular weight excluding hydrogens is 269 g/mol. The van der Waals surface area contributed by atoms with Gasteiger partial charge in [0.1, 0.15) is 5.82 Å². The van der Waals surface area contributed by atoms with Gasteiger partial charge in [-0.1, -0.05) is 18.2 Å². The average Bonchev–Trinajstić information content (AvgIpc) is 3.00. The van der Waals surface area contributed by atoms with E-state index in [1.165, 1.54) is 6.07 Å². The molecule has 0 radical (unpaired) electrons. The summed E-state index contributed by atoms with van der Waals surface area (Å²) in [5, 5.41) is 2.64. The van der Waals surface area contributed by atoms with Crippen molar-refractivity contribution in [3.8, 4) is 0 Å². The Labute approximate surface area is 122 Å². The number of halogens is 1. The summed E-state index contributed by atoms with van der Waals surface area (Å²) < 4.78 is 13.6. The van der Waals surface area contributed by atoms with E-state index < -0.39 is 5.82 Å². The van der Waals surface area contributed by atoms with Gasteiger partial charge in [0.25, 0.3) is 0 Å². The lowest BCUT2D eigenvalue weighted by Crippen LogP contribution is -2.34. The highest BCUT2D eigenvalue weighted by Crippen LogP contribution is 2.32. The Bertz CT molecular complexity index is 632. The molecule has 1 atom stereocenters. The molecule has 1 aliphatic rings. The van der Waals surface area contributed by atoms with E-state index in [1.807, 2.05) is 12.1 Å². The van der Waals surface area contributed by atoms with Crippen molar-refractivity contribution >= 4 is 11.7 Å². The largest absolute Gasteiger partial charge is 0.322 e. The van der Waals surface area contributed by atoms with Crippen molar-refractivity contribution < 1.29 is 9.18 Å². The van der Waals surface area contributed by atoms with Crippen LogP contribution in [0, 0.1) is 5.82 Å². The zero-order valence-electron chi connectivity index (χ0n) is 11.5. The maximum absolute atomic E-state index is 13.6. The second-order valence-corrected chi connectivity index (χ2v) is 5.05. The fraction of sp³-hybridized carbons (Fsp3) is 0.250. The number of carbonyl (C=O) groups is 1. The number of hydrogen-bond donors (Lipinski definition) is 1. The normalized spacial score (nSPS) is 17.8. The maximum Gasteiger partial charge on any atom is 0.322 e. The van der Waals surface area contributed by atoms with E-state index in [4.69, 9.17) is 0 Å². The monoisotopic (exact) mass is 285 g/mol. The number of likely N-dealkylation sites (tertiary alicyclic amines) is 1. The topological polar surface area (TPSA) is 45.2 Å². The lowest BCUT2D eigenvalue weighted by Gasteiger charge is -2.25. The first-order chi connectivity index (χ1) is 10.3. The number of nitrogens with zero attached hydrogens (tertiary/aromatic N) is 2. The quantitative estimate of drug-likeness (QED) is 0.916. The van der Waals surface area contributed by atoms with E-state index in [2.05, 4.69) is 10.3 Å². The van der Waals surface area contributed by atoms with Crippen LogP contribution in [0.25, 0.3) is 0 Å². The van der Waals surface area contributed by atoms with Gasteiger partial charge in [0.2, 0.25) is 0 Å². The van der Waals surface area contributed by atoms with Crippen LogP contribution in [0.3, 0.4) is 0 Å². The Kier molecular flexibility index (Phi) is 3.81. The van der Waals surface area contributed by atoms with Crippen molar-refractivity contribution in [3.05, 3.63) is 60.2 Å². The summed E-state index contributed by atoms with van der Waals surface area (Å²) in [7, 11) is 0. The molecule has 1 fully saturated rings. The number of aromatic nitrogens is 1. The molecule has 1 saturated heterocycles. The fourth-order valence-electron chi connectivity index (χ4n) is 2.68. The number of pyridine rings is 1. The van der Waals surface area contributed by atoms with E-state index >= 15 is 0 Å². The number of para-hydroxylation sites is 1. The molecule has 0 bridgehead atoms. The number of nitrogens with one attached hydrogen (secondary N) is 1. The molecule has 1 aliphatic heterocycles. The van der Waals surface area contributed by atoms with E-state index in [-0.39, 0.29) is 17.8 Å². The van der Waals surface area contributed by atoms with Gasteiger partial charge in [0.05, 0.1) is 11.7 Å². The molecule has 21 heavy (non-hydrogen) atoms. The Hall–Kier alpha value is -2.43. The molecule has 1 aromatic heterocycles. The zero-order chi connectivity index (χ0) is 14.7. The minimum atomic E-state index is -0.428. The molecule has 3 rings (SSSR count). The Morgan fingerprint density at radius 3 is 2.90 bits per heavy atom. The molecule has 0 aliphatic carbocycles. The first-order valence-electron chi connectivity index (χ1n) is 6.98. The standard InChI is InChI=1S/C16H16FN3O/c17-13-6-1-2-7-14(13)19-16(21)20-10-4-8-15(20)12-5-3-9-18-11-12/h1-3,5-7,9,11,15H,4,8,10H2,(H,19,21)/t15-/m0/s1. The van der Waals surface area contributed by atoms with Gasteiger partial charge in [-0.3, -0.25) is 4.98 Å². The summed E-state index contributed by atoms with van der Waals surface area (Å²) in [5.41, 5.74) is 1.22. The van der Waals surface area contributed by atoms with Crippen LogP contribution in [0.5, 0.6) is 0 Å². The third-order valence-electron chi connectivity index (χ3n) is 3.70. The zero-order valence-corrected chi connectivity index (χ0v) is 11.5. The van der Waals surface area contributed by atoms with Crippen molar-refractivity contribution in [1.82, 2.24) is 9.88 Å². The first kappa shape index (κ1) is 13.5. The minimum Gasteiger partial charge on any atom is -0.317 e. The molecule has 1 aromatic carbocycles. The Morgan fingerprint density at radius 1 is 1.29 bits per heavy atom. The van der Waals surface area contributed by atoms with Gasteiger partial charge in [-0.15, -0.1) is 0 Å². The van der Waals surface area contributed by atoms with Gasteiger partial charge in [0.15, 0.2) is 0 Å². The van der Waals surface area contributed by atoms with E-state index in [0.717, 1.165) is 18.4 Å². The van der Waals surface area contributed by atoms with Gasteiger partial charge in [-0.05, 0) is 36.6 Å². The fourth-order valence-corrected chi connectivity index (χ4v) is 2.68. The summed E-state index contributed by atoms with van der Waals surface area (Å²) in [6, 6.07) is 9.74. The smallest absolute Gasteiger partial charge is 0.317 e. The highest BCUT2D eigenvalue weighted by atomic mass is 19.1. The molecule has 1 N–H and O–H groups in total. The number of hydrogen-bond acceptors (Lipinski definition) is 2. The maximum atomic E-state index is 13.6. The lowest BCUT2D eigenvalue weighted by molar-refractivity contribution is 0.207. The van der Waals surface area contributed by atoms with Crippen LogP contribution in [0.15, 0.2) is 48.8 Å². The van der Waals surface area contributed by atoms with Crippen LogP contribution in [-0.4, -0.2) is 22.5 Å². The average molecular weight is 285 g/mol. The van der Waals surface area contributed by atoms with Gasteiger partial charge in [0, 0.05) is 18.9 Å². The van der Waals surface area contributed by atoms with Crippen LogP contribution in [0.4, 0.5) is 14.9 Å². The van der Waals surface area contributed by atoms with Crippen molar-refractivity contribution in [2.45, 2.75) is 18.9 Å². The number of anilines is 1.